The minimum absolute atomic E-state index is 0.291. The minimum atomic E-state index is -10.7. The quantitative estimate of drug-likeness (QED) is 0.362. The fraction of sp³-hybridized carbons (Fsp3) is 0.600. The third-order valence-corrected chi connectivity index (χ3v) is 2.13. The van der Waals surface area contributed by atoms with E-state index < -0.39 is 13.8 Å². The Bertz CT molecular complexity index is 459. The monoisotopic (exact) mass is 342 g/mol. The molecule has 0 fully saturated rings. The molecule has 0 unspecified atom stereocenters. The van der Waals surface area contributed by atoms with E-state index in [-0.39, 0.29) is 0 Å². The van der Waals surface area contributed by atoms with Crippen LogP contribution in [0.5, 0.6) is 0 Å². The van der Waals surface area contributed by atoms with Crippen LogP contribution in [-0.2, 0) is 18.4 Å². The predicted molar refractivity (Wildman–Crippen MR) is 65.3 cm³/mol. The van der Waals surface area contributed by atoms with Crippen molar-refractivity contribution < 1.29 is 39.6 Å². The third-order valence-electron chi connectivity index (χ3n) is 2.13. The molecule has 1 aromatic heterocycles. The van der Waals surface area contributed by atoms with Gasteiger partial charge in [0.05, 0.1) is 13.6 Å². The number of halogens is 6. The zero-order valence-corrected chi connectivity index (χ0v) is 12.1. The summed E-state index contributed by atoms with van der Waals surface area (Å²) in [7, 11) is -8.67. The van der Waals surface area contributed by atoms with E-state index in [0.717, 1.165) is 25.8 Å². The molecule has 0 aliphatic heterocycles. The number of aryl methyl sites for hydroxylation is 2. The number of unbranched alkanes of at least 4 members (excludes halogenated alkanes) is 2. The van der Waals surface area contributed by atoms with Crippen molar-refractivity contribution in [2.75, 3.05) is 0 Å². The van der Waals surface area contributed by atoms with Crippen molar-refractivity contribution in [1.29, 1.82) is 0 Å². The second kappa shape index (κ2) is 6.21. The van der Waals surface area contributed by atoms with Crippen LogP contribution < -0.4 is 4.57 Å². The fourth-order valence-electron chi connectivity index (χ4n) is 1.38. The average Bonchev–Trinajstić information content (AvgIpc) is 2.58. The summed E-state index contributed by atoms with van der Waals surface area (Å²) in [6.45, 7) is 0.973. The molecule has 1 heterocycles. The normalized spacial score (nSPS) is 14.6. The Morgan fingerprint density at radius 1 is 1.14 bits per heavy atom. The van der Waals surface area contributed by atoms with Gasteiger partial charge < -0.3 is 5.11 Å². The molecule has 126 valence electrons. The van der Waals surface area contributed by atoms with Gasteiger partial charge in [0.1, 0.15) is 12.4 Å². The van der Waals surface area contributed by atoms with E-state index in [0.29, 0.717) is 6.42 Å². The van der Waals surface area contributed by atoms with Crippen molar-refractivity contribution in [3.05, 3.63) is 18.7 Å². The predicted octanol–water partition coefficient (Wildman–Crippen LogP) is 4.34. The molecule has 1 N–H and O–H groups in total. The topological polar surface area (TPSA) is 46.1 Å². The molecule has 0 aromatic carbocycles. The van der Waals surface area contributed by atoms with Crippen molar-refractivity contribution in [2.45, 2.75) is 32.2 Å². The number of rotatable bonds is 6. The van der Waals surface area contributed by atoms with Gasteiger partial charge in [-0.3, -0.25) is 4.79 Å². The Morgan fingerprint density at radius 3 is 2.05 bits per heavy atom. The van der Waals surface area contributed by atoms with E-state index in [2.05, 4.69) is 4.57 Å². The van der Waals surface area contributed by atoms with E-state index in [1.54, 1.807) is 0 Å². The Kier molecular flexibility index (Phi) is 5.82. The molecule has 0 amide bonds. The molecule has 0 aliphatic carbocycles. The molecule has 1 rings (SSSR count). The first-order chi connectivity index (χ1) is 9.13. The summed E-state index contributed by atoms with van der Waals surface area (Å²) in [5.74, 6) is -0.697. The molecular formula is C10H17F6N2O2P. The molecule has 4 nitrogen and oxygen atoms in total. The van der Waals surface area contributed by atoms with Gasteiger partial charge >= 0.3 is 39.0 Å². The summed E-state index contributed by atoms with van der Waals surface area (Å²) in [4.78, 5) is 10.2. The Hall–Kier alpha value is -1.31. The second-order valence-electron chi connectivity index (χ2n) is 4.48. The Labute approximate surface area is 117 Å². The van der Waals surface area contributed by atoms with Crippen LogP contribution in [0.1, 0.15) is 25.7 Å². The molecule has 11 heteroatoms. The molecular weight excluding hydrogens is 325 g/mol. The van der Waals surface area contributed by atoms with Crippen molar-refractivity contribution >= 4 is 13.8 Å². The molecule has 0 aliphatic rings. The molecule has 0 saturated carbocycles. The SMILES string of the molecule is C[n+]1ccn(CCCCCC(=O)O)c1.F[P-](F)(F)(F)(F)F. The summed E-state index contributed by atoms with van der Waals surface area (Å²) < 4.78 is 63.3. The number of carboxylic acid groups (broad SMARTS) is 1. The zero-order valence-electron chi connectivity index (χ0n) is 11.2. The third kappa shape index (κ3) is 21.1. The van der Waals surface area contributed by atoms with Crippen LogP contribution in [0.15, 0.2) is 18.7 Å². The fourth-order valence-corrected chi connectivity index (χ4v) is 1.38. The van der Waals surface area contributed by atoms with Gasteiger partial charge in [0.2, 0.25) is 6.33 Å². The van der Waals surface area contributed by atoms with Gasteiger partial charge in [-0.25, -0.2) is 9.13 Å². The summed E-state index contributed by atoms with van der Waals surface area (Å²) in [5.41, 5.74) is 0. The molecule has 0 saturated heterocycles. The number of hydrogen-bond acceptors (Lipinski definition) is 1. The van der Waals surface area contributed by atoms with Gasteiger partial charge in [0, 0.05) is 6.42 Å². The van der Waals surface area contributed by atoms with E-state index in [4.69, 9.17) is 5.11 Å². The van der Waals surface area contributed by atoms with Crippen LogP contribution in [0.3, 0.4) is 0 Å². The molecule has 0 spiro atoms. The number of carbonyl (C=O) groups is 1. The summed E-state index contributed by atoms with van der Waals surface area (Å²) in [6.07, 6.45) is 9.14. The Balaban J connectivity index is 0.000000486. The number of nitrogens with zero attached hydrogens (tertiary/aromatic N) is 2. The van der Waals surface area contributed by atoms with E-state index >= 15 is 0 Å². The van der Waals surface area contributed by atoms with Gasteiger partial charge in [-0.2, -0.15) is 0 Å². The molecule has 0 radical (unpaired) electrons. The first-order valence-electron chi connectivity index (χ1n) is 5.93. The Morgan fingerprint density at radius 2 is 1.67 bits per heavy atom. The zero-order chi connectivity index (χ0) is 16.8. The van der Waals surface area contributed by atoms with Gasteiger partial charge in [-0.15, -0.1) is 0 Å². The summed E-state index contributed by atoms with van der Waals surface area (Å²) in [6, 6.07) is 0. The average molecular weight is 342 g/mol. The van der Waals surface area contributed by atoms with Gasteiger partial charge in [0.25, 0.3) is 0 Å². The summed E-state index contributed by atoms with van der Waals surface area (Å²) in [5, 5.41) is 8.42. The number of carboxylic acids is 1. The number of aliphatic carboxylic acids is 1. The van der Waals surface area contributed by atoms with Gasteiger partial charge in [-0.05, 0) is 19.3 Å². The van der Waals surface area contributed by atoms with E-state index in [1.165, 1.54) is 0 Å². The first-order valence-corrected chi connectivity index (χ1v) is 7.95. The summed E-state index contributed by atoms with van der Waals surface area (Å²) >= 11 is 0. The second-order valence-corrected chi connectivity index (χ2v) is 6.40. The molecule has 0 atom stereocenters. The molecule has 1 aromatic rings. The van der Waals surface area contributed by atoms with Gasteiger partial charge in [0.15, 0.2) is 0 Å². The van der Waals surface area contributed by atoms with Crippen LogP contribution >= 0.6 is 7.81 Å². The standard InChI is InChI=1S/C10H16N2O2.F6P/c1-11-7-8-12(9-11)6-4-2-3-5-10(13)14;1-7(2,3,4,5)6/h7-9H,2-6H2,1H3;/q;-1/p+1. The number of hydrogen-bond donors (Lipinski definition) is 1. The van der Waals surface area contributed by atoms with Crippen LogP contribution in [-0.4, -0.2) is 15.6 Å². The number of imidazole rings is 1. The van der Waals surface area contributed by atoms with E-state index in [1.807, 2.05) is 30.3 Å². The van der Waals surface area contributed by atoms with Crippen LogP contribution in [0.2, 0.25) is 0 Å². The molecule has 0 bridgehead atoms. The first kappa shape index (κ1) is 19.7. The van der Waals surface area contributed by atoms with Crippen molar-refractivity contribution in [1.82, 2.24) is 4.57 Å². The molecule has 21 heavy (non-hydrogen) atoms. The van der Waals surface area contributed by atoms with Crippen LogP contribution in [0.25, 0.3) is 0 Å². The van der Waals surface area contributed by atoms with Crippen LogP contribution in [0.4, 0.5) is 25.2 Å². The van der Waals surface area contributed by atoms with Crippen molar-refractivity contribution in [3.63, 3.8) is 0 Å². The maximum atomic E-state index is 10.2. The van der Waals surface area contributed by atoms with Crippen molar-refractivity contribution in [2.24, 2.45) is 7.05 Å². The van der Waals surface area contributed by atoms with Gasteiger partial charge in [-0.1, -0.05) is 0 Å². The number of aromatic nitrogens is 2. The maximum absolute atomic E-state index is 10.7. The van der Waals surface area contributed by atoms with Crippen LogP contribution in [0, 0.1) is 0 Å². The van der Waals surface area contributed by atoms with Crippen molar-refractivity contribution in [3.8, 4) is 0 Å². The van der Waals surface area contributed by atoms with E-state index in [9.17, 15) is 30.0 Å².